The van der Waals surface area contributed by atoms with Crippen molar-refractivity contribution in [2.45, 2.75) is 0 Å². The molecule has 0 bridgehead atoms. The van der Waals surface area contributed by atoms with E-state index in [4.69, 9.17) is 129 Å². The third-order valence-corrected chi connectivity index (χ3v) is 10.7. The number of furan rings is 1. The average Bonchev–Trinajstić information content (AvgIpc) is 3.81. The molecule has 0 saturated heterocycles. The predicted octanol–water partition coefficient (Wildman–Crippen LogP) is -7.02. The van der Waals surface area contributed by atoms with Crippen molar-refractivity contribution in [2.75, 3.05) is 0 Å². The molecule has 0 aliphatic rings. The fraction of sp³-hybridized carbons (Fsp3) is 0. The lowest BCUT2D eigenvalue weighted by molar-refractivity contribution is 0.674. The van der Waals surface area contributed by atoms with E-state index in [2.05, 4.69) is 0 Å². The maximum Gasteiger partial charge on any atom is 0.164 e. The van der Waals surface area contributed by atoms with E-state index in [1.165, 1.54) is 4.57 Å². The highest BCUT2D eigenvalue weighted by Gasteiger charge is 2.28. The van der Waals surface area contributed by atoms with Gasteiger partial charge >= 0.3 is 0 Å². The van der Waals surface area contributed by atoms with Crippen LogP contribution in [0.2, 0.25) is 0 Å². The van der Waals surface area contributed by atoms with E-state index in [1.54, 1.807) is 0 Å². The summed E-state index contributed by atoms with van der Waals surface area (Å²) in [4.78, 5) is 14.4. The van der Waals surface area contributed by atoms with Gasteiger partial charge in [-0.2, -0.15) is 0 Å². The Labute approximate surface area is 352 Å². The summed E-state index contributed by atoms with van der Waals surface area (Å²) >= 11 is 0. The first-order valence-corrected chi connectivity index (χ1v) is 17.5. The van der Waals surface area contributed by atoms with Crippen molar-refractivity contribution in [1.29, 1.82) is 0 Å². The van der Waals surface area contributed by atoms with Gasteiger partial charge in [0.15, 0.2) is 17.5 Å². The summed E-state index contributed by atoms with van der Waals surface area (Å²) in [5, 5.41) is 1.02. The van der Waals surface area contributed by atoms with E-state index in [-0.39, 0.29) is 137 Å². The Morgan fingerprint density at radius 3 is 1.19 bits per heavy atom. The summed E-state index contributed by atoms with van der Waals surface area (Å²) in [6.45, 7) is 0. The smallest absolute Gasteiger partial charge is 0.164 e. The van der Waals surface area contributed by atoms with Crippen LogP contribution in [0.15, 0.2) is 65.1 Å². The zero-order chi connectivity index (χ0) is 41.2. The minimum Gasteiger partial charge on any atom is -0.457 e. The van der Waals surface area contributed by atoms with Gasteiger partial charge < -0.3 is 8.98 Å². The second-order valence-corrected chi connectivity index (χ2v) is 13.8. The zero-order valence-corrected chi connectivity index (χ0v) is 30.6. The molecule has 0 fully saturated rings. The molecule has 0 aliphatic heterocycles. The SMILES string of the molecule is [B]c1c(-c2nc(-c3ccccc3)nc(-c3ccccc3)n2)c([B])c2oc3c([B])c(-n4c5c([B])c([B])c([B])c([B])c5c5c([B])c([B])c([B])c([B])c54)c([B])c([B])c3c2c1[B]. The quantitative estimate of drug-likeness (QED) is 0.172. The molecule has 0 unspecified atom stereocenters. The van der Waals surface area contributed by atoms with Crippen LogP contribution < -0.4 is 76.5 Å². The molecule has 0 N–H and O–H groups in total. The van der Waals surface area contributed by atoms with Gasteiger partial charge in [-0.25, -0.2) is 15.0 Å². The lowest BCUT2D eigenvalue weighted by atomic mass is 9.63. The van der Waals surface area contributed by atoms with Crippen LogP contribution in [0.4, 0.5) is 0 Å². The second kappa shape index (κ2) is 13.7. The van der Waals surface area contributed by atoms with Gasteiger partial charge in [0, 0.05) is 44.2 Å². The van der Waals surface area contributed by atoms with Crippen molar-refractivity contribution in [2.24, 2.45) is 0 Å². The average molecular weight is 702 g/mol. The molecule has 0 spiro atoms. The van der Waals surface area contributed by atoms with Crippen LogP contribution in [0, 0.1) is 0 Å². The van der Waals surface area contributed by atoms with Crippen LogP contribution in [-0.4, -0.2) is 129 Å². The van der Waals surface area contributed by atoms with Crippen molar-refractivity contribution in [3.05, 3.63) is 60.7 Å². The molecule has 3 aromatic heterocycles. The Morgan fingerprint density at radius 1 is 0.345 bits per heavy atom. The van der Waals surface area contributed by atoms with E-state index in [0.29, 0.717) is 11.6 Å². The molecule has 9 aromatic rings. The Hall–Kier alpha value is -5.16. The molecule has 0 saturated carbocycles. The van der Waals surface area contributed by atoms with Gasteiger partial charge in [-0.1, -0.05) is 104 Å². The fourth-order valence-electron chi connectivity index (χ4n) is 7.70. The minimum absolute atomic E-state index is 0.00363. The third-order valence-electron chi connectivity index (χ3n) is 10.7. The topological polar surface area (TPSA) is 56.7 Å². The first kappa shape index (κ1) is 38.4. The summed E-state index contributed by atoms with van der Waals surface area (Å²) in [7, 11) is 93.4. The molecular formula is C39H10B14N4O. The van der Waals surface area contributed by atoms with Crippen molar-refractivity contribution < 1.29 is 4.42 Å². The first-order chi connectivity index (χ1) is 27.6. The minimum atomic E-state index is -0.0497. The molecule has 28 radical (unpaired) electrons. The fourth-order valence-corrected chi connectivity index (χ4v) is 7.70. The van der Waals surface area contributed by atoms with Crippen LogP contribution in [0.5, 0.6) is 0 Å². The highest BCUT2D eigenvalue weighted by molar-refractivity contribution is 6.72. The van der Waals surface area contributed by atoms with E-state index in [1.807, 2.05) is 60.7 Å². The Morgan fingerprint density at radius 2 is 0.724 bits per heavy atom. The number of hydrogen-bond acceptors (Lipinski definition) is 4. The number of benzene rings is 6. The highest BCUT2D eigenvalue weighted by Crippen LogP contribution is 2.31. The van der Waals surface area contributed by atoms with Crippen molar-refractivity contribution in [1.82, 2.24) is 19.5 Å². The number of rotatable bonds is 4. The maximum absolute atomic E-state index is 7.04. The van der Waals surface area contributed by atoms with Crippen LogP contribution in [0.3, 0.4) is 0 Å². The molecule has 5 nitrogen and oxygen atoms in total. The van der Waals surface area contributed by atoms with E-state index in [0.717, 1.165) is 11.1 Å². The van der Waals surface area contributed by atoms with E-state index < -0.39 is 0 Å². The number of hydrogen-bond donors (Lipinski definition) is 0. The Bertz CT molecular complexity index is 3140. The molecule has 6 aromatic carbocycles. The van der Waals surface area contributed by atoms with Gasteiger partial charge in [0.2, 0.25) is 0 Å². The molecule has 234 valence electrons. The number of fused-ring (bicyclic) bond motifs is 6. The molecular weight excluding hydrogens is 692 g/mol. The van der Waals surface area contributed by atoms with Gasteiger partial charge in [-0.15, -0.1) is 21.9 Å². The van der Waals surface area contributed by atoms with Gasteiger partial charge in [0.1, 0.15) is 121 Å². The summed E-state index contributed by atoms with van der Waals surface area (Å²) in [5.74, 6) is 0.875. The van der Waals surface area contributed by atoms with Crippen molar-refractivity contribution in [3.8, 4) is 39.9 Å². The maximum atomic E-state index is 7.04. The van der Waals surface area contributed by atoms with E-state index in [9.17, 15) is 0 Å². The largest absolute Gasteiger partial charge is 0.457 e. The van der Waals surface area contributed by atoms with Crippen molar-refractivity contribution >= 4 is 230 Å². The summed E-state index contributed by atoms with van der Waals surface area (Å²) in [6.07, 6.45) is 0. The van der Waals surface area contributed by atoms with Crippen LogP contribution in [-0.2, 0) is 0 Å². The Kier molecular flexibility index (Phi) is 9.07. The molecule has 0 amide bonds. The summed E-state index contributed by atoms with van der Waals surface area (Å²) in [5.41, 5.74) is 2.34. The standard InChI is InChI=1S/C39H10B14N4O/c40-18-13-14-19(41)25(47)27(49)30(52)33(14)57(32(13)29(51)26(48)24(18)46)34-28(50)21(43)16-15-20(42)22(44)17(23(45)35(15)58-36(16)31(34)53)39-55-37(11-7-3-1-4-8-11)54-38(56-39)12-9-5-2-6-10-12/h1-10H. The Balaban J connectivity index is 1.39. The lowest BCUT2D eigenvalue weighted by Crippen LogP contribution is -2.49. The normalized spacial score (nSPS) is 11.7. The van der Waals surface area contributed by atoms with Crippen LogP contribution in [0.25, 0.3) is 83.6 Å². The van der Waals surface area contributed by atoms with E-state index >= 15 is 0 Å². The molecule has 3 heterocycles. The van der Waals surface area contributed by atoms with Gasteiger partial charge in [-0.05, 0) is 21.7 Å². The highest BCUT2D eigenvalue weighted by atomic mass is 16.3. The predicted molar refractivity (Wildman–Crippen MR) is 253 cm³/mol. The molecule has 58 heavy (non-hydrogen) atoms. The summed E-state index contributed by atoms with van der Waals surface area (Å²) in [6, 6.07) is 18.8. The number of nitrogens with zero attached hydrogens (tertiary/aromatic N) is 4. The number of aromatic nitrogens is 4. The second-order valence-electron chi connectivity index (χ2n) is 13.8. The van der Waals surface area contributed by atoms with Gasteiger partial charge in [0.25, 0.3) is 0 Å². The molecule has 0 atom stereocenters. The third kappa shape index (κ3) is 5.27. The summed E-state index contributed by atoms with van der Waals surface area (Å²) < 4.78 is 8.04. The van der Waals surface area contributed by atoms with Gasteiger partial charge in [-0.3, -0.25) is 0 Å². The molecule has 9 rings (SSSR count). The van der Waals surface area contributed by atoms with Crippen LogP contribution in [0.1, 0.15) is 0 Å². The monoisotopic (exact) mass is 704 g/mol. The molecule has 19 heteroatoms. The van der Waals surface area contributed by atoms with Crippen LogP contribution >= 0.6 is 0 Å². The lowest BCUT2D eigenvalue weighted by Gasteiger charge is -2.23. The van der Waals surface area contributed by atoms with Crippen molar-refractivity contribution in [3.63, 3.8) is 0 Å². The zero-order valence-electron chi connectivity index (χ0n) is 30.6. The first-order valence-electron chi connectivity index (χ1n) is 17.5. The molecule has 0 aliphatic carbocycles. The van der Waals surface area contributed by atoms with Gasteiger partial charge in [0.05, 0.1) is 0 Å².